The van der Waals surface area contributed by atoms with E-state index < -0.39 is 0 Å². The van der Waals surface area contributed by atoms with Crippen molar-refractivity contribution in [2.45, 2.75) is 5.16 Å². The van der Waals surface area contributed by atoms with Crippen molar-refractivity contribution in [3.8, 4) is 22.5 Å². The Balaban J connectivity index is 1.70. The number of H-pyrrole nitrogens is 1. The highest BCUT2D eigenvalue weighted by atomic mass is 32.2. The van der Waals surface area contributed by atoms with E-state index in [-0.39, 0.29) is 11.7 Å². The molecule has 4 rings (SSSR count). The fourth-order valence-electron chi connectivity index (χ4n) is 2.71. The van der Waals surface area contributed by atoms with Gasteiger partial charge >= 0.3 is 0 Å². The molecule has 2 N–H and O–H groups in total. The summed E-state index contributed by atoms with van der Waals surface area (Å²) in [4.78, 5) is 24.3. The van der Waals surface area contributed by atoms with Gasteiger partial charge in [0, 0.05) is 17.3 Å². The molecule has 140 valence electrons. The minimum atomic E-state index is -0.316. The molecule has 0 aliphatic heterocycles. The molecule has 1 aromatic carbocycles. The molecule has 0 atom stereocenters. The molecule has 4 aromatic rings. The number of benzene rings is 1. The number of aromatic amines is 1. The standard InChI is InChI=1S/C20H15FN4O2S/c1-28-20-24-17(12-2-4-15(21)5-3-12)18(25-20)13-6-8-22-16(10-13)23-19(26)14-7-9-27-11-14/h2-11H,1H3,(H,24,25)(H,22,23,26). The van der Waals surface area contributed by atoms with Crippen LogP contribution in [0.3, 0.4) is 0 Å². The normalized spacial score (nSPS) is 10.8. The van der Waals surface area contributed by atoms with Crippen molar-refractivity contribution < 1.29 is 13.6 Å². The van der Waals surface area contributed by atoms with Crippen LogP contribution < -0.4 is 5.32 Å². The molecular formula is C20H15FN4O2S. The number of aromatic nitrogens is 3. The first-order valence-corrected chi connectivity index (χ1v) is 9.56. The second-order valence-corrected chi connectivity index (χ2v) is 6.67. The van der Waals surface area contributed by atoms with E-state index in [4.69, 9.17) is 4.42 Å². The summed E-state index contributed by atoms with van der Waals surface area (Å²) in [6.45, 7) is 0. The Hall–Kier alpha value is -3.39. The Labute approximate surface area is 164 Å². The molecular weight excluding hydrogens is 379 g/mol. The van der Waals surface area contributed by atoms with E-state index in [1.165, 1.54) is 36.4 Å². The van der Waals surface area contributed by atoms with Gasteiger partial charge in [0.25, 0.3) is 5.91 Å². The monoisotopic (exact) mass is 394 g/mol. The first kappa shape index (κ1) is 18.0. The number of amides is 1. The number of furan rings is 1. The number of carbonyl (C=O) groups excluding carboxylic acids is 1. The molecule has 0 aliphatic rings. The lowest BCUT2D eigenvalue weighted by molar-refractivity contribution is 0.102. The van der Waals surface area contributed by atoms with Gasteiger partial charge in [-0.05, 0) is 48.7 Å². The zero-order valence-corrected chi connectivity index (χ0v) is 15.6. The van der Waals surface area contributed by atoms with Crippen molar-refractivity contribution in [1.29, 1.82) is 0 Å². The predicted octanol–water partition coefficient (Wildman–Crippen LogP) is 4.85. The van der Waals surface area contributed by atoms with E-state index in [0.717, 1.165) is 22.0 Å². The van der Waals surface area contributed by atoms with Crippen LogP contribution in [0.2, 0.25) is 0 Å². The fourth-order valence-corrected chi connectivity index (χ4v) is 3.10. The zero-order chi connectivity index (χ0) is 19.5. The lowest BCUT2D eigenvalue weighted by Gasteiger charge is -2.06. The predicted molar refractivity (Wildman–Crippen MR) is 106 cm³/mol. The Morgan fingerprint density at radius 3 is 2.71 bits per heavy atom. The molecule has 0 fully saturated rings. The van der Waals surface area contributed by atoms with Gasteiger partial charge < -0.3 is 14.7 Å². The summed E-state index contributed by atoms with van der Waals surface area (Å²) in [5, 5.41) is 3.47. The minimum Gasteiger partial charge on any atom is -0.472 e. The molecule has 3 aromatic heterocycles. The fraction of sp³-hybridized carbons (Fsp3) is 0.0500. The number of pyridine rings is 1. The lowest BCUT2D eigenvalue weighted by Crippen LogP contribution is -2.11. The van der Waals surface area contributed by atoms with Crippen LogP contribution in [0.25, 0.3) is 22.5 Å². The van der Waals surface area contributed by atoms with E-state index in [1.807, 2.05) is 6.26 Å². The van der Waals surface area contributed by atoms with Gasteiger partial charge in [0.2, 0.25) is 0 Å². The van der Waals surface area contributed by atoms with E-state index in [0.29, 0.717) is 17.1 Å². The topological polar surface area (TPSA) is 83.8 Å². The van der Waals surface area contributed by atoms with Crippen LogP contribution in [-0.4, -0.2) is 27.1 Å². The third-order valence-corrected chi connectivity index (χ3v) is 4.65. The number of hydrogen-bond acceptors (Lipinski definition) is 5. The average molecular weight is 394 g/mol. The van der Waals surface area contributed by atoms with Crippen LogP contribution in [-0.2, 0) is 0 Å². The molecule has 0 spiro atoms. The highest BCUT2D eigenvalue weighted by molar-refractivity contribution is 7.98. The summed E-state index contributed by atoms with van der Waals surface area (Å²) < 4.78 is 18.2. The number of thioether (sulfide) groups is 1. The van der Waals surface area contributed by atoms with Crippen molar-refractivity contribution in [2.24, 2.45) is 0 Å². The van der Waals surface area contributed by atoms with Gasteiger partial charge in [0.05, 0.1) is 23.2 Å². The minimum absolute atomic E-state index is 0.303. The Bertz CT molecular complexity index is 1110. The maximum absolute atomic E-state index is 13.3. The van der Waals surface area contributed by atoms with E-state index in [9.17, 15) is 9.18 Å². The molecule has 3 heterocycles. The van der Waals surface area contributed by atoms with Crippen LogP contribution in [0.15, 0.2) is 70.8 Å². The van der Waals surface area contributed by atoms with Gasteiger partial charge in [0.15, 0.2) is 5.16 Å². The maximum atomic E-state index is 13.3. The highest BCUT2D eigenvalue weighted by Crippen LogP contribution is 2.33. The molecule has 8 heteroatoms. The van der Waals surface area contributed by atoms with Crippen molar-refractivity contribution in [2.75, 3.05) is 11.6 Å². The largest absolute Gasteiger partial charge is 0.472 e. The molecule has 28 heavy (non-hydrogen) atoms. The number of carbonyl (C=O) groups is 1. The lowest BCUT2D eigenvalue weighted by atomic mass is 10.1. The summed E-state index contributed by atoms with van der Waals surface area (Å²) >= 11 is 1.47. The number of rotatable bonds is 5. The van der Waals surface area contributed by atoms with Crippen LogP contribution in [0.5, 0.6) is 0 Å². The van der Waals surface area contributed by atoms with Crippen molar-refractivity contribution in [3.05, 3.63) is 72.6 Å². The molecule has 0 radical (unpaired) electrons. The number of anilines is 1. The summed E-state index contributed by atoms with van der Waals surface area (Å²) in [5.41, 5.74) is 3.45. The van der Waals surface area contributed by atoms with E-state index in [1.54, 1.807) is 36.5 Å². The molecule has 0 saturated heterocycles. The molecule has 0 unspecified atom stereocenters. The number of hydrogen-bond donors (Lipinski definition) is 2. The third-order valence-electron chi connectivity index (χ3n) is 4.07. The second-order valence-electron chi connectivity index (χ2n) is 5.87. The Morgan fingerprint density at radius 2 is 2.00 bits per heavy atom. The first-order chi connectivity index (χ1) is 13.6. The smallest absolute Gasteiger partial charge is 0.260 e. The number of nitrogens with one attached hydrogen (secondary N) is 2. The summed E-state index contributed by atoms with van der Waals surface area (Å²) in [5.74, 6) is -0.227. The number of imidazole rings is 1. The molecule has 0 saturated carbocycles. The van der Waals surface area contributed by atoms with Gasteiger partial charge in [-0.25, -0.2) is 14.4 Å². The first-order valence-electron chi connectivity index (χ1n) is 8.34. The quantitative estimate of drug-likeness (QED) is 0.473. The summed E-state index contributed by atoms with van der Waals surface area (Å²) in [6.07, 6.45) is 6.31. The third kappa shape index (κ3) is 3.67. The molecule has 0 aliphatic carbocycles. The van der Waals surface area contributed by atoms with Crippen molar-refractivity contribution >= 4 is 23.5 Å². The zero-order valence-electron chi connectivity index (χ0n) is 14.8. The van der Waals surface area contributed by atoms with Crippen molar-refractivity contribution in [1.82, 2.24) is 15.0 Å². The van der Waals surface area contributed by atoms with Gasteiger partial charge in [-0.3, -0.25) is 4.79 Å². The SMILES string of the molecule is CSc1nc(-c2ccnc(NC(=O)c3ccoc3)c2)c(-c2ccc(F)cc2)[nH]1. The Kier molecular flexibility index (Phi) is 4.94. The molecule has 6 nitrogen and oxygen atoms in total. The van der Waals surface area contributed by atoms with Crippen LogP contribution in [0.1, 0.15) is 10.4 Å². The van der Waals surface area contributed by atoms with Crippen LogP contribution >= 0.6 is 11.8 Å². The van der Waals surface area contributed by atoms with E-state index in [2.05, 4.69) is 20.3 Å². The number of halogens is 1. The van der Waals surface area contributed by atoms with Crippen molar-refractivity contribution in [3.63, 3.8) is 0 Å². The average Bonchev–Trinajstić information content (AvgIpc) is 3.39. The molecule has 1 amide bonds. The maximum Gasteiger partial charge on any atom is 0.260 e. The highest BCUT2D eigenvalue weighted by Gasteiger charge is 2.16. The van der Waals surface area contributed by atoms with Gasteiger partial charge in [0.1, 0.15) is 17.9 Å². The summed E-state index contributed by atoms with van der Waals surface area (Å²) in [6, 6.07) is 11.3. The van der Waals surface area contributed by atoms with Gasteiger partial charge in [-0.15, -0.1) is 0 Å². The van der Waals surface area contributed by atoms with Gasteiger partial charge in [-0.2, -0.15) is 0 Å². The van der Waals surface area contributed by atoms with Gasteiger partial charge in [-0.1, -0.05) is 11.8 Å². The second kappa shape index (κ2) is 7.69. The summed E-state index contributed by atoms with van der Waals surface area (Å²) in [7, 11) is 0. The molecule has 0 bridgehead atoms. The Morgan fingerprint density at radius 1 is 1.18 bits per heavy atom. The van der Waals surface area contributed by atoms with Crippen LogP contribution in [0.4, 0.5) is 10.2 Å². The number of nitrogens with zero attached hydrogens (tertiary/aromatic N) is 2. The van der Waals surface area contributed by atoms with Crippen LogP contribution in [0, 0.1) is 5.82 Å². The van der Waals surface area contributed by atoms with E-state index >= 15 is 0 Å².